The van der Waals surface area contributed by atoms with Crippen molar-refractivity contribution in [2.45, 2.75) is 25.9 Å². The molecule has 2 N–H and O–H groups in total. The molecule has 1 aromatic carbocycles. The van der Waals surface area contributed by atoms with E-state index >= 15 is 0 Å². The van der Waals surface area contributed by atoms with Crippen LogP contribution in [0.2, 0.25) is 0 Å². The summed E-state index contributed by atoms with van der Waals surface area (Å²) in [4.78, 5) is 9.77. The van der Waals surface area contributed by atoms with Crippen molar-refractivity contribution in [3.8, 4) is 11.5 Å². The van der Waals surface area contributed by atoms with Crippen LogP contribution in [0, 0.1) is 0 Å². The zero-order chi connectivity index (χ0) is 20.5. The summed E-state index contributed by atoms with van der Waals surface area (Å²) in [5.74, 6) is 2.25. The highest BCUT2D eigenvalue weighted by Gasteiger charge is 2.30. The molecule has 30 heavy (non-hydrogen) atoms. The predicted octanol–water partition coefficient (Wildman–Crippen LogP) is 1.56. The van der Waals surface area contributed by atoms with Gasteiger partial charge in [0.15, 0.2) is 17.5 Å². The van der Waals surface area contributed by atoms with Crippen LogP contribution in [0.5, 0.6) is 11.5 Å². The van der Waals surface area contributed by atoms with Crippen LogP contribution in [0.3, 0.4) is 0 Å². The van der Waals surface area contributed by atoms with Gasteiger partial charge in [0.25, 0.3) is 0 Å². The molecule has 2 aliphatic rings. The van der Waals surface area contributed by atoms with Crippen LogP contribution in [0.25, 0.3) is 0 Å². The minimum Gasteiger partial charge on any atom is -0.493 e. The molecule has 0 amide bonds. The summed E-state index contributed by atoms with van der Waals surface area (Å²) in [5, 5.41) is 12.4. The van der Waals surface area contributed by atoms with E-state index in [2.05, 4.69) is 22.0 Å². The van der Waals surface area contributed by atoms with E-state index in [0.717, 1.165) is 63.9 Å². The normalized spacial score (nSPS) is 20.0. The highest BCUT2D eigenvalue weighted by Crippen LogP contribution is 2.28. The number of nitrogens with one attached hydrogen (secondary N) is 1. The molecule has 0 radical (unpaired) electrons. The molecule has 1 aromatic rings. The monoisotopic (exact) mass is 534 g/mol. The van der Waals surface area contributed by atoms with E-state index in [1.165, 1.54) is 0 Å². The number of halogens is 1. The fourth-order valence-corrected chi connectivity index (χ4v) is 3.85. The number of hydrogen-bond donors (Lipinski definition) is 2. The van der Waals surface area contributed by atoms with E-state index in [-0.39, 0.29) is 37.2 Å². The molecule has 0 bridgehead atoms. The fourth-order valence-electron chi connectivity index (χ4n) is 3.85. The molecular weight excluding hydrogens is 499 g/mol. The third kappa shape index (κ3) is 6.86. The molecule has 1 atom stereocenters. The maximum absolute atomic E-state index is 8.94. The number of morpholine rings is 1. The fraction of sp³-hybridized carbons (Fsp3) is 0.667. The molecule has 8 nitrogen and oxygen atoms in total. The Hall–Kier alpha value is -1.30. The molecule has 0 aromatic heterocycles. The van der Waals surface area contributed by atoms with E-state index in [9.17, 15) is 0 Å². The van der Waals surface area contributed by atoms with Crippen LogP contribution in [-0.2, 0) is 11.3 Å². The van der Waals surface area contributed by atoms with Gasteiger partial charge in [-0.15, -0.1) is 24.0 Å². The van der Waals surface area contributed by atoms with Gasteiger partial charge in [0, 0.05) is 38.8 Å². The highest BCUT2D eigenvalue weighted by molar-refractivity contribution is 14.0. The molecular formula is C21H35IN4O4. The number of aliphatic imine (C=N–C) groups is 1. The second kappa shape index (κ2) is 13.2. The Bertz CT molecular complexity index is 670. The maximum Gasteiger partial charge on any atom is 0.194 e. The minimum absolute atomic E-state index is 0. The number of benzene rings is 1. The number of methoxy groups -OCH3 is 1. The van der Waals surface area contributed by atoms with Crippen LogP contribution in [-0.4, -0.2) is 93.2 Å². The molecule has 1 unspecified atom stereocenters. The molecule has 3 rings (SSSR count). The molecule has 2 aliphatic heterocycles. The number of guanidine groups is 1. The zero-order valence-corrected chi connectivity index (χ0v) is 20.3. The molecule has 0 aliphatic carbocycles. The topological polar surface area (TPSA) is 78.8 Å². The molecule has 2 heterocycles. The maximum atomic E-state index is 8.94. The first-order valence-electron chi connectivity index (χ1n) is 10.5. The van der Waals surface area contributed by atoms with Crippen molar-refractivity contribution in [3.05, 3.63) is 23.8 Å². The molecule has 0 saturated carbocycles. The van der Waals surface area contributed by atoms with Crippen molar-refractivity contribution >= 4 is 29.9 Å². The number of rotatable bonds is 8. The molecule has 9 heteroatoms. The van der Waals surface area contributed by atoms with Gasteiger partial charge >= 0.3 is 0 Å². The van der Waals surface area contributed by atoms with Gasteiger partial charge in [0.2, 0.25) is 0 Å². The lowest BCUT2D eigenvalue weighted by molar-refractivity contribution is 0.0195. The summed E-state index contributed by atoms with van der Waals surface area (Å²) in [6, 6.07) is 6.38. The Balaban J connectivity index is 0.00000320. The molecule has 0 spiro atoms. The summed E-state index contributed by atoms with van der Waals surface area (Å²) >= 11 is 0. The summed E-state index contributed by atoms with van der Waals surface area (Å²) in [6.07, 6.45) is 1.16. The smallest absolute Gasteiger partial charge is 0.194 e. The summed E-state index contributed by atoms with van der Waals surface area (Å²) in [7, 11) is 1.62. The van der Waals surface area contributed by atoms with E-state index in [4.69, 9.17) is 24.3 Å². The van der Waals surface area contributed by atoms with E-state index in [0.29, 0.717) is 24.1 Å². The second-order valence-electron chi connectivity index (χ2n) is 7.26. The Labute approximate surface area is 196 Å². The van der Waals surface area contributed by atoms with E-state index in [1.807, 2.05) is 18.2 Å². The van der Waals surface area contributed by atoms with E-state index < -0.39 is 0 Å². The first-order valence-corrected chi connectivity index (χ1v) is 10.5. The Morgan fingerprint density at radius 3 is 2.77 bits per heavy atom. The first kappa shape index (κ1) is 25.0. The van der Waals surface area contributed by atoms with Crippen molar-refractivity contribution in [1.82, 2.24) is 15.1 Å². The van der Waals surface area contributed by atoms with Crippen molar-refractivity contribution in [2.75, 3.05) is 66.3 Å². The molecule has 170 valence electrons. The van der Waals surface area contributed by atoms with Gasteiger partial charge in [0.05, 0.1) is 33.5 Å². The standard InChI is InChI=1S/C21H34N4O4.HI/c1-3-22-21(25-7-6-18(16-25)24-8-11-28-12-9-24)23-15-17-4-5-19(29-13-10-26)20(14-17)27-2;/h4-5,14,18,26H,3,6-13,15-16H2,1-2H3,(H,22,23);1H. The van der Waals surface area contributed by atoms with Gasteiger partial charge < -0.3 is 29.5 Å². The Morgan fingerprint density at radius 2 is 2.07 bits per heavy atom. The Morgan fingerprint density at radius 1 is 1.27 bits per heavy atom. The molecule has 2 fully saturated rings. The van der Waals surface area contributed by atoms with Crippen LogP contribution >= 0.6 is 24.0 Å². The van der Waals surface area contributed by atoms with Crippen LogP contribution in [0.4, 0.5) is 0 Å². The number of hydrogen-bond acceptors (Lipinski definition) is 6. The number of aliphatic hydroxyl groups is 1. The first-order chi connectivity index (χ1) is 14.2. The average Bonchev–Trinajstić information content (AvgIpc) is 3.26. The second-order valence-corrected chi connectivity index (χ2v) is 7.26. The van der Waals surface area contributed by atoms with Crippen molar-refractivity contribution in [3.63, 3.8) is 0 Å². The van der Waals surface area contributed by atoms with Gasteiger partial charge in [-0.1, -0.05) is 6.07 Å². The van der Waals surface area contributed by atoms with Crippen molar-refractivity contribution in [1.29, 1.82) is 0 Å². The summed E-state index contributed by atoms with van der Waals surface area (Å²) < 4.78 is 16.4. The summed E-state index contributed by atoms with van der Waals surface area (Å²) in [5.41, 5.74) is 1.05. The zero-order valence-electron chi connectivity index (χ0n) is 18.0. The van der Waals surface area contributed by atoms with Crippen LogP contribution in [0.1, 0.15) is 18.9 Å². The van der Waals surface area contributed by atoms with Gasteiger partial charge in [-0.05, 0) is 31.0 Å². The van der Waals surface area contributed by atoms with Crippen molar-refractivity contribution < 1.29 is 19.3 Å². The average molecular weight is 534 g/mol. The number of ether oxygens (including phenoxy) is 3. The van der Waals surface area contributed by atoms with Gasteiger partial charge in [-0.3, -0.25) is 4.90 Å². The number of nitrogens with zero attached hydrogens (tertiary/aromatic N) is 3. The van der Waals surface area contributed by atoms with Gasteiger partial charge in [-0.2, -0.15) is 0 Å². The minimum atomic E-state index is -0.0253. The lowest BCUT2D eigenvalue weighted by atomic mass is 10.2. The number of likely N-dealkylation sites (tertiary alicyclic amines) is 1. The third-order valence-corrected chi connectivity index (χ3v) is 5.35. The highest BCUT2D eigenvalue weighted by atomic mass is 127. The van der Waals surface area contributed by atoms with Gasteiger partial charge in [0.1, 0.15) is 6.61 Å². The lowest BCUT2D eigenvalue weighted by Crippen LogP contribution is -2.46. The lowest BCUT2D eigenvalue weighted by Gasteiger charge is -2.32. The SMILES string of the molecule is CCNC(=NCc1ccc(OCCO)c(OC)c1)N1CCC(N2CCOCC2)C1.I. The Kier molecular flexibility index (Phi) is 11.0. The van der Waals surface area contributed by atoms with Crippen molar-refractivity contribution in [2.24, 2.45) is 4.99 Å². The quantitative estimate of drug-likeness (QED) is 0.298. The van der Waals surface area contributed by atoms with Gasteiger partial charge in [-0.25, -0.2) is 4.99 Å². The predicted molar refractivity (Wildman–Crippen MR) is 128 cm³/mol. The summed E-state index contributed by atoms with van der Waals surface area (Å²) in [6.45, 7) is 9.48. The third-order valence-electron chi connectivity index (χ3n) is 5.35. The van der Waals surface area contributed by atoms with Crippen LogP contribution in [0.15, 0.2) is 23.2 Å². The van der Waals surface area contributed by atoms with E-state index in [1.54, 1.807) is 7.11 Å². The van der Waals surface area contributed by atoms with Crippen LogP contribution < -0.4 is 14.8 Å². The molecule has 2 saturated heterocycles. The largest absolute Gasteiger partial charge is 0.493 e. The number of aliphatic hydroxyl groups excluding tert-OH is 1.